The Kier molecular flexibility index (Phi) is 3.39. The first-order valence-corrected chi connectivity index (χ1v) is 5.47. The smallest absolute Gasteiger partial charge is 0.251 e. The highest BCUT2D eigenvalue weighted by Gasteiger charge is 2.05. The standard InChI is InChI=1S/C12H10N2O2S/c15-11-6-9(8-4-2-1-3-5-8)13-10(14-11)7-12(16)17/h1-6H,7H2,(H,16,17)(H,13,14,15). The molecule has 1 aromatic carbocycles. The van der Waals surface area contributed by atoms with Gasteiger partial charge in [0.2, 0.25) is 0 Å². The summed E-state index contributed by atoms with van der Waals surface area (Å²) in [5, 5.41) is -0.335. The predicted molar refractivity (Wildman–Crippen MR) is 68.0 cm³/mol. The molecule has 0 atom stereocenters. The lowest BCUT2D eigenvalue weighted by atomic mass is 10.1. The Bertz CT molecular complexity index is 593. The van der Waals surface area contributed by atoms with Crippen molar-refractivity contribution in [1.29, 1.82) is 0 Å². The Hall–Kier alpha value is -1.88. The molecule has 0 aliphatic carbocycles. The highest BCUT2D eigenvalue weighted by atomic mass is 32.1. The number of H-pyrrole nitrogens is 1. The van der Waals surface area contributed by atoms with Crippen LogP contribution in [0.3, 0.4) is 0 Å². The molecule has 4 nitrogen and oxygen atoms in total. The zero-order chi connectivity index (χ0) is 12.3. The lowest BCUT2D eigenvalue weighted by Crippen LogP contribution is -2.12. The predicted octanol–water partition coefficient (Wildman–Crippen LogP) is 1.44. The van der Waals surface area contributed by atoms with E-state index in [0.717, 1.165) is 5.56 Å². The number of thiol groups is 1. The van der Waals surface area contributed by atoms with Gasteiger partial charge < -0.3 is 4.98 Å². The molecule has 0 bridgehead atoms. The number of nitrogens with zero attached hydrogens (tertiary/aromatic N) is 1. The van der Waals surface area contributed by atoms with E-state index in [2.05, 4.69) is 22.6 Å². The molecule has 0 amide bonds. The second kappa shape index (κ2) is 4.97. The third-order valence-electron chi connectivity index (χ3n) is 2.18. The maximum Gasteiger partial charge on any atom is 0.251 e. The number of carbonyl (C=O) groups is 1. The summed E-state index contributed by atoms with van der Waals surface area (Å²) in [6, 6.07) is 10.7. The molecule has 1 aromatic heterocycles. The number of hydrogen-bond donors (Lipinski definition) is 2. The van der Waals surface area contributed by atoms with E-state index in [1.54, 1.807) is 0 Å². The number of benzene rings is 1. The third kappa shape index (κ3) is 3.04. The lowest BCUT2D eigenvalue weighted by molar-refractivity contribution is -0.110. The molecule has 86 valence electrons. The SMILES string of the molecule is O=C(S)Cc1nc(-c2ccccc2)cc(=O)[nH]1. The van der Waals surface area contributed by atoms with Gasteiger partial charge in [0.25, 0.3) is 5.56 Å². The zero-order valence-electron chi connectivity index (χ0n) is 8.88. The molecular formula is C12H10N2O2S. The molecule has 0 fully saturated rings. The summed E-state index contributed by atoms with van der Waals surface area (Å²) in [4.78, 5) is 29.0. The number of aromatic amines is 1. The van der Waals surface area contributed by atoms with Gasteiger partial charge in [-0.3, -0.25) is 9.59 Å². The van der Waals surface area contributed by atoms with Crippen molar-refractivity contribution in [3.05, 3.63) is 52.6 Å². The van der Waals surface area contributed by atoms with Gasteiger partial charge in [-0.2, -0.15) is 0 Å². The number of aromatic nitrogens is 2. The molecule has 17 heavy (non-hydrogen) atoms. The molecule has 0 radical (unpaired) electrons. The second-order valence-corrected chi connectivity index (χ2v) is 4.01. The zero-order valence-corrected chi connectivity index (χ0v) is 9.78. The van der Waals surface area contributed by atoms with Gasteiger partial charge in [-0.15, -0.1) is 12.6 Å². The monoisotopic (exact) mass is 246 g/mol. The Morgan fingerprint density at radius 2 is 2.00 bits per heavy atom. The minimum atomic E-state index is -0.335. The Labute approximate surface area is 103 Å². The van der Waals surface area contributed by atoms with Crippen LogP contribution in [-0.4, -0.2) is 15.1 Å². The van der Waals surface area contributed by atoms with Gasteiger partial charge in [0.15, 0.2) is 5.12 Å². The highest BCUT2D eigenvalue weighted by molar-refractivity contribution is 7.96. The van der Waals surface area contributed by atoms with Crippen LogP contribution in [0.2, 0.25) is 0 Å². The van der Waals surface area contributed by atoms with Crippen molar-refractivity contribution < 1.29 is 4.79 Å². The average Bonchev–Trinajstić information content (AvgIpc) is 2.28. The number of carbonyl (C=O) groups excluding carboxylic acids is 1. The van der Waals surface area contributed by atoms with Crippen LogP contribution in [0.4, 0.5) is 0 Å². The maximum absolute atomic E-state index is 11.4. The van der Waals surface area contributed by atoms with E-state index in [1.807, 2.05) is 30.3 Å². The molecule has 0 aliphatic rings. The lowest BCUT2D eigenvalue weighted by Gasteiger charge is -2.02. The molecule has 2 rings (SSSR count). The van der Waals surface area contributed by atoms with Crippen molar-refractivity contribution >= 4 is 17.7 Å². The van der Waals surface area contributed by atoms with Crippen molar-refractivity contribution in [1.82, 2.24) is 9.97 Å². The molecule has 1 N–H and O–H groups in total. The van der Waals surface area contributed by atoms with Crippen molar-refractivity contribution in [2.45, 2.75) is 6.42 Å². The van der Waals surface area contributed by atoms with E-state index in [9.17, 15) is 9.59 Å². The second-order valence-electron chi connectivity index (χ2n) is 3.51. The molecular weight excluding hydrogens is 236 g/mol. The van der Waals surface area contributed by atoms with Crippen molar-refractivity contribution in [3.8, 4) is 11.3 Å². The largest absolute Gasteiger partial charge is 0.310 e. The highest BCUT2D eigenvalue weighted by Crippen LogP contribution is 2.14. The van der Waals surface area contributed by atoms with Crippen LogP contribution in [-0.2, 0) is 11.2 Å². The summed E-state index contributed by atoms with van der Waals surface area (Å²) in [7, 11) is 0. The third-order valence-corrected chi connectivity index (χ3v) is 2.34. The van der Waals surface area contributed by atoms with Crippen LogP contribution < -0.4 is 5.56 Å². The molecule has 2 aromatic rings. The molecule has 0 aliphatic heterocycles. The molecule has 0 unspecified atom stereocenters. The van der Waals surface area contributed by atoms with Gasteiger partial charge in [-0.05, 0) is 0 Å². The quantitative estimate of drug-likeness (QED) is 0.805. The van der Waals surface area contributed by atoms with Gasteiger partial charge in [0, 0.05) is 11.6 Å². The van der Waals surface area contributed by atoms with E-state index in [-0.39, 0.29) is 17.1 Å². The number of rotatable bonds is 3. The molecule has 0 spiro atoms. The first-order chi connectivity index (χ1) is 8.15. The average molecular weight is 246 g/mol. The van der Waals surface area contributed by atoms with Gasteiger partial charge in [0.05, 0.1) is 12.1 Å². The molecule has 0 saturated heterocycles. The number of hydrogen-bond acceptors (Lipinski definition) is 3. The summed E-state index contributed by atoms with van der Waals surface area (Å²) in [5.41, 5.74) is 1.12. The van der Waals surface area contributed by atoms with Crippen LogP contribution in [0.5, 0.6) is 0 Å². The van der Waals surface area contributed by atoms with Crippen molar-refractivity contribution in [2.75, 3.05) is 0 Å². The minimum absolute atomic E-state index is 0.0129. The topological polar surface area (TPSA) is 62.8 Å². The van der Waals surface area contributed by atoms with Crippen molar-refractivity contribution in [2.24, 2.45) is 0 Å². The fourth-order valence-electron chi connectivity index (χ4n) is 1.49. The normalized spacial score (nSPS) is 10.2. The van der Waals surface area contributed by atoms with Crippen LogP contribution >= 0.6 is 12.6 Å². The summed E-state index contributed by atoms with van der Waals surface area (Å²) in [6.07, 6.45) is 0.0129. The first-order valence-electron chi connectivity index (χ1n) is 5.02. The van der Waals surface area contributed by atoms with Crippen LogP contribution in [0.1, 0.15) is 5.82 Å². The maximum atomic E-state index is 11.4. The van der Waals surface area contributed by atoms with E-state index in [4.69, 9.17) is 0 Å². The number of nitrogens with one attached hydrogen (secondary N) is 1. The summed E-state index contributed by atoms with van der Waals surface area (Å²) >= 11 is 3.66. The van der Waals surface area contributed by atoms with Gasteiger partial charge in [-0.25, -0.2) is 4.98 Å². The summed E-state index contributed by atoms with van der Waals surface area (Å²) in [5.74, 6) is 0.330. The van der Waals surface area contributed by atoms with E-state index in [0.29, 0.717) is 11.5 Å². The van der Waals surface area contributed by atoms with Crippen molar-refractivity contribution in [3.63, 3.8) is 0 Å². The van der Waals surface area contributed by atoms with Gasteiger partial charge in [0.1, 0.15) is 5.82 Å². The Balaban J connectivity index is 2.45. The van der Waals surface area contributed by atoms with Crippen LogP contribution in [0.25, 0.3) is 11.3 Å². The van der Waals surface area contributed by atoms with Gasteiger partial charge in [-0.1, -0.05) is 30.3 Å². The fraction of sp³-hybridized carbons (Fsp3) is 0.0833. The fourth-order valence-corrected chi connectivity index (χ4v) is 1.64. The first kappa shape index (κ1) is 11.6. The molecule has 1 heterocycles. The van der Waals surface area contributed by atoms with E-state index >= 15 is 0 Å². The van der Waals surface area contributed by atoms with Gasteiger partial charge >= 0.3 is 0 Å². The van der Waals surface area contributed by atoms with Crippen LogP contribution in [0.15, 0.2) is 41.2 Å². The molecule has 0 saturated carbocycles. The van der Waals surface area contributed by atoms with E-state index < -0.39 is 0 Å². The Morgan fingerprint density at radius 3 is 2.65 bits per heavy atom. The van der Waals surface area contributed by atoms with Crippen LogP contribution in [0, 0.1) is 0 Å². The summed E-state index contributed by atoms with van der Waals surface area (Å²) in [6.45, 7) is 0. The Morgan fingerprint density at radius 1 is 1.29 bits per heavy atom. The minimum Gasteiger partial charge on any atom is -0.310 e. The molecule has 5 heteroatoms. The summed E-state index contributed by atoms with van der Waals surface area (Å²) < 4.78 is 0. The van der Waals surface area contributed by atoms with E-state index in [1.165, 1.54) is 6.07 Å².